The average Bonchev–Trinajstić information content (AvgIpc) is 2.35. The van der Waals surface area contributed by atoms with Gasteiger partial charge in [0.15, 0.2) is 0 Å². The Hall–Kier alpha value is -1.12. The van der Waals surface area contributed by atoms with Gasteiger partial charge in [-0.3, -0.25) is 14.9 Å². The molecular formula is C8H13NO2. The molecule has 11 heavy (non-hydrogen) atoms. The van der Waals surface area contributed by atoms with Crippen molar-refractivity contribution in [2.45, 2.75) is 26.7 Å². The van der Waals surface area contributed by atoms with Gasteiger partial charge < -0.3 is 0 Å². The number of hydrogen-bond donors (Lipinski definition) is 1. The van der Waals surface area contributed by atoms with E-state index in [1.165, 1.54) is 25.0 Å². The zero-order valence-corrected chi connectivity index (χ0v) is 6.89. The number of carbonyl (C=O) groups is 2. The Labute approximate surface area is 66.5 Å². The van der Waals surface area contributed by atoms with E-state index in [0.29, 0.717) is 0 Å². The number of carbonyl (C=O) groups excluding carboxylic acids is 2. The van der Waals surface area contributed by atoms with Crippen LogP contribution in [0.15, 0.2) is 12.2 Å². The molecule has 0 fully saturated rings. The second-order valence-electron chi connectivity index (χ2n) is 2.19. The van der Waals surface area contributed by atoms with E-state index in [4.69, 9.17) is 0 Å². The minimum atomic E-state index is -0.329. The Morgan fingerprint density at radius 2 is 1.45 bits per heavy atom. The van der Waals surface area contributed by atoms with E-state index < -0.39 is 0 Å². The molecule has 1 heterocycles. The van der Waals surface area contributed by atoms with Crippen LogP contribution in [0.4, 0.5) is 0 Å². The summed E-state index contributed by atoms with van der Waals surface area (Å²) < 4.78 is 0. The fraction of sp³-hybridized carbons (Fsp3) is 0.500. The van der Waals surface area contributed by atoms with Crippen molar-refractivity contribution in [3.63, 3.8) is 0 Å². The van der Waals surface area contributed by atoms with Gasteiger partial charge in [-0.25, -0.2) is 0 Å². The van der Waals surface area contributed by atoms with Crippen molar-refractivity contribution >= 4 is 11.8 Å². The summed E-state index contributed by atoms with van der Waals surface area (Å²) in [6.45, 7) is 4.36. The average molecular weight is 155 g/mol. The Kier molecular flexibility index (Phi) is 5.07. The van der Waals surface area contributed by atoms with Gasteiger partial charge in [-0.2, -0.15) is 0 Å². The summed E-state index contributed by atoms with van der Waals surface area (Å²) in [4.78, 5) is 20.1. The highest BCUT2D eigenvalue weighted by atomic mass is 16.2. The van der Waals surface area contributed by atoms with Gasteiger partial charge in [0.2, 0.25) is 0 Å². The molecule has 0 bridgehead atoms. The number of unbranched alkanes of at least 4 members (excludes halogenated alkanes) is 1. The Morgan fingerprint density at radius 1 is 1.09 bits per heavy atom. The normalized spacial score (nSPS) is 14.0. The highest BCUT2D eigenvalue weighted by Crippen LogP contribution is 1.82. The molecule has 0 aromatic rings. The predicted molar refractivity (Wildman–Crippen MR) is 42.9 cm³/mol. The van der Waals surface area contributed by atoms with Gasteiger partial charge >= 0.3 is 0 Å². The van der Waals surface area contributed by atoms with E-state index in [1.54, 1.807) is 0 Å². The van der Waals surface area contributed by atoms with E-state index in [-0.39, 0.29) is 11.8 Å². The van der Waals surface area contributed by atoms with Crippen LogP contribution in [0.5, 0.6) is 0 Å². The second kappa shape index (κ2) is 5.65. The largest absolute Gasteiger partial charge is 0.289 e. The molecular weight excluding hydrogens is 142 g/mol. The van der Waals surface area contributed by atoms with Crippen LogP contribution in [0, 0.1) is 0 Å². The molecule has 0 spiro atoms. The number of nitrogens with one attached hydrogen (secondary N) is 1. The van der Waals surface area contributed by atoms with Crippen LogP contribution in [0.25, 0.3) is 0 Å². The van der Waals surface area contributed by atoms with Crippen molar-refractivity contribution in [1.29, 1.82) is 0 Å². The Bertz CT molecular complexity index is 155. The molecule has 0 aromatic heterocycles. The summed E-state index contributed by atoms with van der Waals surface area (Å²) in [5, 5.41) is 2.03. The van der Waals surface area contributed by atoms with Crippen molar-refractivity contribution in [1.82, 2.24) is 5.32 Å². The quantitative estimate of drug-likeness (QED) is 0.574. The van der Waals surface area contributed by atoms with Crippen LogP contribution in [-0.4, -0.2) is 11.8 Å². The fourth-order valence-electron chi connectivity index (χ4n) is 0.356. The number of imide groups is 1. The van der Waals surface area contributed by atoms with Crippen LogP contribution in [0.3, 0.4) is 0 Å². The summed E-state index contributed by atoms with van der Waals surface area (Å²) in [6.07, 6.45) is 5.03. The lowest BCUT2D eigenvalue weighted by molar-refractivity contribution is -0.123. The molecule has 0 unspecified atom stereocenters. The number of amides is 2. The van der Waals surface area contributed by atoms with E-state index in [2.05, 4.69) is 13.8 Å². The van der Waals surface area contributed by atoms with Crippen LogP contribution in [0.2, 0.25) is 0 Å². The second-order valence-corrected chi connectivity index (χ2v) is 2.19. The van der Waals surface area contributed by atoms with E-state index in [0.717, 1.165) is 0 Å². The fourth-order valence-corrected chi connectivity index (χ4v) is 0.356. The third-order valence-corrected chi connectivity index (χ3v) is 1.13. The van der Waals surface area contributed by atoms with Crippen LogP contribution >= 0.6 is 0 Å². The first kappa shape index (κ1) is 9.88. The van der Waals surface area contributed by atoms with Gasteiger partial charge in [-0.15, -0.1) is 0 Å². The smallest absolute Gasteiger partial charge is 0.250 e. The lowest BCUT2D eigenvalue weighted by Gasteiger charge is -1.80. The summed E-state index contributed by atoms with van der Waals surface area (Å²) >= 11 is 0. The minimum Gasteiger partial charge on any atom is -0.289 e. The molecule has 1 N–H and O–H groups in total. The van der Waals surface area contributed by atoms with Gasteiger partial charge in [-0.05, 0) is 0 Å². The third kappa shape index (κ3) is 5.33. The zero-order valence-electron chi connectivity index (χ0n) is 6.89. The highest BCUT2D eigenvalue weighted by Gasteiger charge is 2.06. The van der Waals surface area contributed by atoms with Crippen molar-refractivity contribution in [3.05, 3.63) is 12.2 Å². The molecule has 3 nitrogen and oxygen atoms in total. The van der Waals surface area contributed by atoms with E-state index in [9.17, 15) is 9.59 Å². The topological polar surface area (TPSA) is 46.2 Å². The summed E-state index contributed by atoms with van der Waals surface area (Å²) in [5.74, 6) is -0.657. The van der Waals surface area contributed by atoms with Gasteiger partial charge in [0, 0.05) is 12.2 Å². The zero-order chi connectivity index (χ0) is 8.69. The molecule has 0 saturated heterocycles. The van der Waals surface area contributed by atoms with Crippen molar-refractivity contribution in [2.75, 3.05) is 0 Å². The SMILES string of the molecule is CCCC.O=C1C=CC(=O)N1. The first-order valence-electron chi connectivity index (χ1n) is 3.73. The summed E-state index contributed by atoms with van der Waals surface area (Å²) in [6, 6.07) is 0. The van der Waals surface area contributed by atoms with Crippen LogP contribution in [-0.2, 0) is 9.59 Å². The monoisotopic (exact) mass is 155 g/mol. The van der Waals surface area contributed by atoms with Crippen molar-refractivity contribution in [3.8, 4) is 0 Å². The van der Waals surface area contributed by atoms with Gasteiger partial charge in [0.25, 0.3) is 11.8 Å². The summed E-state index contributed by atoms with van der Waals surface area (Å²) in [7, 11) is 0. The molecule has 1 rings (SSSR count). The maximum Gasteiger partial charge on any atom is 0.250 e. The molecule has 0 aliphatic carbocycles. The van der Waals surface area contributed by atoms with E-state index >= 15 is 0 Å². The molecule has 0 atom stereocenters. The molecule has 3 heteroatoms. The third-order valence-electron chi connectivity index (χ3n) is 1.13. The molecule has 62 valence electrons. The molecule has 1 aliphatic heterocycles. The first-order chi connectivity index (χ1) is 5.20. The minimum absolute atomic E-state index is 0.329. The number of hydrogen-bond acceptors (Lipinski definition) is 2. The molecule has 2 amide bonds. The molecule has 0 saturated carbocycles. The Morgan fingerprint density at radius 3 is 1.55 bits per heavy atom. The standard InChI is InChI=1S/C4H3NO2.C4H10/c6-3-1-2-4(7)5-3;1-3-4-2/h1-2H,(H,5,6,7);3-4H2,1-2H3. The van der Waals surface area contributed by atoms with Crippen LogP contribution < -0.4 is 5.32 Å². The predicted octanol–water partition coefficient (Wildman–Crippen LogP) is 1.01. The highest BCUT2D eigenvalue weighted by molar-refractivity contribution is 6.12. The molecule has 0 radical (unpaired) electrons. The van der Waals surface area contributed by atoms with Gasteiger partial charge in [0.1, 0.15) is 0 Å². The lowest BCUT2D eigenvalue weighted by Crippen LogP contribution is -2.19. The van der Waals surface area contributed by atoms with E-state index in [1.807, 2.05) is 5.32 Å². The Balaban J connectivity index is 0.000000218. The van der Waals surface area contributed by atoms with Crippen molar-refractivity contribution in [2.24, 2.45) is 0 Å². The van der Waals surface area contributed by atoms with Crippen LogP contribution in [0.1, 0.15) is 26.7 Å². The molecule has 1 aliphatic rings. The molecule has 0 aromatic carbocycles. The number of rotatable bonds is 1. The first-order valence-corrected chi connectivity index (χ1v) is 3.73. The summed E-state index contributed by atoms with van der Waals surface area (Å²) in [5.41, 5.74) is 0. The maximum absolute atomic E-state index is 10.0. The maximum atomic E-state index is 10.0. The van der Waals surface area contributed by atoms with Gasteiger partial charge in [0.05, 0.1) is 0 Å². The van der Waals surface area contributed by atoms with Crippen molar-refractivity contribution < 1.29 is 9.59 Å². The van der Waals surface area contributed by atoms with Gasteiger partial charge in [-0.1, -0.05) is 26.7 Å². The lowest BCUT2D eigenvalue weighted by atomic mass is 10.4.